The predicted molar refractivity (Wildman–Crippen MR) is 63.1 cm³/mol. The Kier molecular flexibility index (Phi) is 5.22. The summed E-state index contributed by atoms with van der Waals surface area (Å²) in [4.78, 5) is 0. The molecular formula is C12H19F3N2O. The monoisotopic (exact) mass is 264 g/mol. The Morgan fingerprint density at radius 3 is 2.56 bits per heavy atom. The summed E-state index contributed by atoms with van der Waals surface area (Å²) in [5, 5.41) is 3.19. The molecule has 0 radical (unpaired) electrons. The van der Waals surface area contributed by atoms with Crippen molar-refractivity contribution in [1.29, 1.82) is 0 Å². The zero-order valence-electron chi connectivity index (χ0n) is 10.8. The lowest BCUT2D eigenvalue weighted by Crippen LogP contribution is -2.21. The average molecular weight is 264 g/mol. The Morgan fingerprint density at radius 2 is 2.06 bits per heavy atom. The van der Waals surface area contributed by atoms with Gasteiger partial charge >= 0.3 is 6.36 Å². The zero-order valence-corrected chi connectivity index (χ0v) is 10.8. The highest BCUT2D eigenvalue weighted by atomic mass is 19.4. The van der Waals surface area contributed by atoms with Crippen LogP contribution in [0.4, 0.5) is 13.2 Å². The number of nitrogens with zero attached hydrogens (tertiary/aromatic N) is 1. The number of nitrogens with one attached hydrogen (secondary N) is 1. The second-order valence-corrected chi connectivity index (χ2v) is 4.49. The highest BCUT2D eigenvalue weighted by Gasteiger charge is 2.28. The Labute approximate surface area is 105 Å². The van der Waals surface area contributed by atoms with Crippen molar-refractivity contribution in [2.24, 2.45) is 5.92 Å². The molecule has 0 aliphatic rings. The van der Waals surface area contributed by atoms with Gasteiger partial charge in [0, 0.05) is 25.0 Å². The average Bonchev–Trinajstić information content (AvgIpc) is 2.65. The third-order valence-corrected chi connectivity index (χ3v) is 2.73. The lowest BCUT2D eigenvalue weighted by molar-refractivity contribution is -0.325. The van der Waals surface area contributed by atoms with Crippen LogP contribution in [0.1, 0.15) is 25.5 Å². The molecule has 0 fully saturated rings. The van der Waals surface area contributed by atoms with Gasteiger partial charge in [0.25, 0.3) is 0 Å². The van der Waals surface area contributed by atoms with E-state index in [1.54, 1.807) is 10.8 Å². The number of alkyl halides is 3. The summed E-state index contributed by atoms with van der Waals surface area (Å²) >= 11 is 0. The van der Waals surface area contributed by atoms with Crippen LogP contribution in [0.5, 0.6) is 0 Å². The molecule has 1 aromatic heterocycles. The molecule has 0 amide bonds. The summed E-state index contributed by atoms with van der Waals surface area (Å²) in [7, 11) is 1.87. The quantitative estimate of drug-likeness (QED) is 0.855. The van der Waals surface area contributed by atoms with Crippen LogP contribution in [0.15, 0.2) is 18.5 Å². The van der Waals surface area contributed by atoms with E-state index in [2.05, 4.69) is 23.9 Å². The normalized spacial score (nSPS) is 14.2. The fourth-order valence-electron chi connectivity index (χ4n) is 1.93. The minimum absolute atomic E-state index is 0.189. The second-order valence-electron chi connectivity index (χ2n) is 4.49. The number of ether oxygens (including phenoxy) is 1. The molecule has 0 aliphatic heterocycles. The van der Waals surface area contributed by atoms with E-state index in [1.165, 1.54) is 0 Å². The summed E-state index contributed by atoms with van der Waals surface area (Å²) in [6, 6.07) is 2.11. The summed E-state index contributed by atoms with van der Waals surface area (Å²) in [5.74, 6) is 0.414. The number of halogens is 3. The third kappa shape index (κ3) is 4.70. The number of hydrogen-bond donors (Lipinski definition) is 1. The van der Waals surface area contributed by atoms with Crippen LogP contribution in [-0.4, -0.2) is 24.6 Å². The first kappa shape index (κ1) is 15.0. The molecular weight excluding hydrogens is 245 g/mol. The van der Waals surface area contributed by atoms with Crippen molar-refractivity contribution in [3.05, 3.63) is 24.0 Å². The van der Waals surface area contributed by atoms with E-state index in [9.17, 15) is 13.2 Å². The number of aromatic nitrogens is 1. The van der Waals surface area contributed by atoms with Gasteiger partial charge in [-0.2, -0.15) is 0 Å². The fraction of sp³-hybridized carbons (Fsp3) is 0.667. The standard InChI is InChI=1S/C12H19F3N2O/c1-9(2)11(16-3)10-4-5-17(8-10)6-7-18-12(13,14)15/h4-5,8-9,11,16H,6-7H2,1-3H3. The van der Waals surface area contributed by atoms with E-state index < -0.39 is 6.36 Å². The van der Waals surface area contributed by atoms with Crippen LogP contribution >= 0.6 is 0 Å². The number of hydrogen-bond acceptors (Lipinski definition) is 2. The highest BCUT2D eigenvalue weighted by molar-refractivity contribution is 5.16. The van der Waals surface area contributed by atoms with Gasteiger partial charge in [-0.3, -0.25) is 4.74 Å². The van der Waals surface area contributed by atoms with Crippen LogP contribution < -0.4 is 5.32 Å². The van der Waals surface area contributed by atoms with Crippen molar-refractivity contribution in [3.63, 3.8) is 0 Å². The molecule has 1 unspecified atom stereocenters. The van der Waals surface area contributed by atoms with E-state index in [1.807, 2.05) is 19.3 Å². The van der Waals surface area contributed by atoms with E-state index in [0.717, 1.165) is 5.56 Å². The summed E-state index contributed by atoms with van der Waals surface area (Å²) in [5.41, 5.74) is 1.07. The van der Waals surface area contributed by atoms with Gasteiger partial charge in [0.15, 0.2) is 0 Å². The lowest BCUT2D eigenvalue weighted by Gasteiger charge is -2.18. The Hall–Kier alpha value is -1.01. The maximum Gasteiger partial charge on any atom is 0.522 e. The largest absolute Gasteiger partial charge is 0.522 e. The molecule has 1 atom stereocenters. The topological polar surface area (TPSA) is 26.2 Å². The van der Waals surface area contributed by atoms with Crippen molar-refractivity contribution in [2.45, 2.75) is 32.8 Å². The Balaban J connectivity index is 2.53. The van der Waals surface area contributed by atoms with Gasteiger partial charge in [0.1, 0.15) is 0 Å². The molecule has 1 N–H and O–H groups in total. The lowest BCUT2D eigenvalue weighted by atomic mass is 9.99. The van der Waals surface area contributed by atoms with E-state index >= 15 is 0 Å². The molecule has 1 rings (SSSR count). The molecule has 0 saturated heterocycles. The zero-order chi connectivity index (χ0) is 13.8. The maximum atomic E-state index is 11.8. The summed E-state index contributed by atoms with van der Waals surface area (Å²) in [6.07, 6.45) is -0.940. The molecule has 1 aromatic rings. The molecule has 3 nitrogen and oxygen atoms in total. The smallest absolute Gasteiger partial charge is 0.352 e. The first-order valence-electron chi connectivity index (χ1n) is 5.87. The molecule has 0 aromatic carbocycles. The molecule has 0 aliphatic carbocycles. The van der Waals surface area contributed by atoms with E-state index in [4.69, 9.17) is 0 Å². The van der Waals surface area contributed by atoms with Crippen molar-refractivity contribution >= 4 is 0 Å². The van der Waals surface area contributed by atoms with Gasteiger partial charge in [-0.05, 0) is 24.6 Å². The van der Waals surface area contributed by atoms with E-state index in [-0.39, 0.29) is 19.2 Å². The molecule has 104 valence electrons. The van der Waals surface area contributed by atoms with Crippen LogP contribution in [0.2, 0.25) is 0 Å². The van der Waals surface area contributed by atoms with Crippen molar-refractivity contribution in [2.75, 3.05) is 13.7 Å². The Bertz CT molecular complexity index is 360. The SMILES string of the molecule is CNC(c1ccn(CCOC(F)(F)F)c1)C(C)C. The van der Waals surface area contributed by atoms with Gasteiger partial charge in [0.05, 0.1) is 6.61 Å². The van der Waals surface area contributed by atoms with Crippen molar-refractivity contribution < 1.29 is 17.9 Å². The minimum Gasteiger partial charge on any atom is -0.352 e. The molecule has 18 heavy (non-hydrogen) atoms. The first-order chi connectivity index (χ1) is 8.33. The van der Waals surface area contributed by atoms with Crippen LogP contribution in [0, 0.1) is 5.92 Å². The Morgan fingerprint density at radius 1 is 1.39 bits per heavy atom. The molecule has 1 heterocycles. The molecule has 0 bridgehead atoms. The predicted octanol–water partition coefficient (Wildman–Crippen LogP) is 2.94. The first-order valence-corrected chi connectivity index (χ1v) is 5.87. The third-order valence-electron chi connectivity index (χ3n) is 2.73. The van der Waals surface area contributed by atoms with Crippen LogP contribution in [0.25, 0.3) is 0 Å². The number of rotatable bonds is 6. The molecule has 6 heteroatoms. The second kappa shape index (κ2) is 6.24. The van der Waals surface area contributed by atoms with Crippen molar-refractivity contribution in [1.82, 2.24) is 9.88 Å². The van der Waals surface area contributed by atoms with Crippen LogP contribution in [0.3, 0.4) is 0 Å². The van der Waals surface area contributed by atoms with Gasteiger partial charge in [-0.25, -0.2) is 0 Å². The van der Waals surface area contributed by atoms with Gasteiger partial charge in [0.2, 0.25) is 0 Å². The molecule has 0 spiro atoms. The summed E-state index contributed by atoms with van der Waals surface area (Å²) in [6.45, 7) is 3.99. The highest BCUT2D eigenvalue weighted by Crippen LogP contribution is 2.21. The molecule has 0 saturated carbocycles. The van der Waals surface area contributed by atoms with Gasteiger partial charge in [-0.1, -0.05) is 13.8 Å². The van der Waals surface area contributed by atoms with Gasteiger partial charge in [-0.15, -0.1) is 13.2 Å². The fourth-order valence-corrected chi connectivity index (χ4v) is 1.93. The minimum atomic E-state index is -4.55. The van der Waals surface area contributed by atoms with E-state index in [0.29, 0.717) is 5.92 Å². The van der Waals surface area contributed by atoms with Gasteiger partial charge < -0.3 is 9.88 Å². The summed E-state index contributed by atoms with van der Waals surface area (Å²) < 4.78 is 40.9. The van der Waals surface area contributed by atoms with Crippen LogP contribution in [-0.2, 0) is 11.3 Å². The maximum absolute atomic E-state index is 11.8. The van der Waals surface area contributed by atoms with Crippen molar-refractivity contribution in [3.8, 4) is 0 Å².